The summed E-state index contributed by atoms with van der Waals surface area (Å²) in [5.74, 6) is 0.170. The number of rotatable bonds is 2. The zero-order chi connectivity index (χ0) is 9.53. The third-order valence-corrected chi connectivity index (χ3v) is 5.76. The van der Waals surface area contributed by atoms with Gasteiger partial charge >= 0.3 is 0 Å². The molecule has 0 bridgehead atoms. The first-order valence-electron chi connectivity index (χ1n) is 4.67. The number of hydrogen-bond donors (Lipinski definition) is 0. The molecule has 0 aromatic rings. The number of halogens is 1. The second-order valence-electron chi connectivity index (χ2n) is 3.97. The Morgan fingerprint density at radius 2 is 2.08 bits per heavy atom. The molecular weight excluding hydrogens is 208 g/mol. The van der Waals surface area contributed by atoms with Crippen LogP contribution in [0.2, 0.25) is 0 Å². The third kappa shape index (κ3) is 1.52. The van der Waals surface area contributed by atoms with E-state index in [0.29, 0.717) is 0 Å². The fraction of sp³-hybridized carbons (Fsp3) is 0.778. The summed E-state index contributed by atoms with van der Waals surface area (Å²) in [6.45, 7) is 0. The van der Waals surface area contributed by atoms with E-state index in [9.17, 15) is 8.42 Å². The highest BCUT2D eigenvalue weighted by Crippen LogP contribution is 2.53. The van der Waals surface area contributed by atoms with Gasteiger partial charge in [0.15, 0.2) is 0 Å². The van der Waals surface area contributed by atoms with E-state index < -0.39 is 13.8 Å². The van der Waals surface area contributed by atoms with Crippen molar-refractivity contribution in [1.29, 1.82) is 0 Å². The van der Waals surface area contributed by atoms with E-state index in [-0.39, 0.29) is 5.92 Å². The van der Waals surface area contributed by atoms with Gasteiger partial charge in [0.2, 0.25) is 9.05 Å². The van der Waals surface area contributed by atoms with Crippen molar-refractivity contribution >= 4 is 19.7 Å². The second kappa shape index (κ2) is 2.99. The van der Waals surface area contributed by atoms with Crippen molar-refractivity contribution in [2.45, 2.75) is 36.9 Å². The first-order chi connectivity index (χ1) is 6.06. The van der Waals surface area contributed by atoms with Gasteiger partial charge in [0.1, 0.15) is 0 Å². The largest absolute Gasteiger partial charge is 0.238 e. The van der Waals surface area contributed by atoms with E-state index >= 15 is 0 Å². The Morgan fingerprint density at radius 1 is 1.38 bits per heavy atom. The smallest absolute Gasteiger partial charge is 0.212 e. The molecule has 13 heavy (non-hydrogen) atoms. The molecule has 2 aliphatic carbocycles. The van der Waals surface area contributed by atoms with Gasteiger partial charge in [0.05, 0.1) is 4.75 Å². The standard InChI is InChI=1S/C9H13ClO2S/c10-13(11,12)9(6-7-9)8-4-2-1-3-5-8/h2,4,8H,1,3,5-7H2. The Hall–Kier alpha value is -0.0200. The Morgan fingerprint density at radius 3 is 2.46 bits per heavy atom. The van der Waals surface area contributed by atoms with Gasteiger partial charge in [-0.05, 0) is 38.0 Å². The molecule has 1 saturated carbocycles. The molecule has 1 atom stereocenters. The van der Waals surface area contributed by atoms with Crippen LogP contribution >= 0.6 is 10.7 Å². The van der Waals surface area contributed by atoms with Crippen LogP contribution in [0, 0.1) is 5.92 Å². The lowest BCUT2D eigenvalue weighted by molar-refractivity contribution is 0.485. The van der Waals surface area contributed by atoms with Crippen molar-refractivity contribution in [2.24, 2.45) is 5.92 Å². The fourth-order valence-electron chi connectivity index (χ4n) is 2.17. The molecule has 0 aliphatic heterocycles. The van der Waals surface area contributed by atoms with E-state index in [1.807, 2.05) is 6.08 Å². The molecular formula is C9H13ClO2S. The van der Waals surface area contributed by atoms with Crippen molar-refractivity contribution in [1.82, 2.24) is 0 Å². The summed E-state index contributed by atoms with van der Waals surface area (Å²) in [6, 6.07) is 0. The average molecular weight is 221 g/mol. The maximum Gasteiger partial charge on any atom is 0.238 e. The highest BCUT2D eigenvalue weighted by Gasteiger charge is 2.58. The van der Waals surface area contributed by atoms with Gasteiger partial charge in [-0.3, -0.25) is 0 Å². The zero-order valence-electron chi connectivity index (χ0n) is 7.37. The van der Waals surface area contributed by atoms with Crippen LogP contribution in [0.1, 0.15) is 32.1 Å². The lowest BCUT2D eigenvalue weighted by atomic mass is 9.91. The molecule has 1 fully saturated rings. The van der Waals surface area contributed by atoms with Gasteiger partial charge in [0, 0.05) is 10.7 Å². The summed E-state index contributed by atoms with van der Waals surface area (Å²) < 4.78 is 22.1. The minimum atomic E-state index is -3.37. The van der Waals surface area contributed by atoms with E-state index in [4.69, 9.17) is 10.7 Å². The Kier molecular flexibility index (Phi) is 2.19. The zero-order valence-corrected chi connectivity index (χ0v) is 8.94. The highest BCUT2D eigenvalue weighted by atomic mass is 35.7. The topological polar surface area (TPSA) is 34.1 Å². The van der Waals surface area contributed by atoms with Crippen molar-refractivity contribution in [3.8, 4) is 0 Å². The van der Waals surface area contributed by atoms with Crippen molar-refractivity contribution in [3.63, 3.8) is 0 Å². The average Bonchev–Trinajstić information content (AvgIpc) is 2.84. The Balaban J connectivity index is 2.25. The lowest BCUT2D eigenvalue weighted by Gasteiger charge is -2.23. The summed E-state index contributed by atoms with van der Waals surface area (Å²) in [5.41, 5.74) is 0. The molecule has 2 rings (SSSR count). The van der Waals surface area contributed by atoms with Crippen LogP contribution in [0.25, 0.3) is 0 Å². The van der Waals surface area contributed by atoms with Gasteiger partial charge in [-0.25, -0.2) is 8.42 Å². The SMILES string of the molecule is O=S(=O)(Cl)C1(C2C=CCCC2)CC1. The molecule has 0 spiro atoms. The predicted molar refractivity (Wildman–Crippen MR) is 53.2 cm³/mol. The molecule has 0 saturated heterocycles. The minimum Gasteiger partial charge on any atom is -0.212 e. The van der Waals surface area contributed by atoms with Crippen LogP contribution in [0.5, 0.6) is 0 Å². The van der Waals surface area contributed by atoms with Gasteiger partial charge in [-0.15, -0.1) is 0 Å². The van der Waals surface area contributed by atoms with Crippen LogP contribution < -0.4 is 0 Å². The molecule has 2 aliphatic rings. The normalized spacial score (nSPS) is 31.6. The molecule has 1 unspecified atom stereocenters. The molecule has 4 heteroatoms. The molecule has 0 aromatic heterocycles. The van der Waals surface area contributed by atoms with Crippen LogP contribution in [-0.2, 0) is 9.05 Å². The summed E-state index contributed by atoms with van der Waals surface area (Å²) in [4.78, 5) is 0. The van der Waals surface area contributed by atoms with Crippen LogP contribution in [-0.4, -0.2) is 13.2 Å². The maximum atomic E-state index is 11.3. The lowest BCUT2D eigenvalue weighted by Crippen LogP contribution is -2.28. The molecule has 0 heterocycles. The predicted octanol–water partition coefficient (Wildman–Crippen LogP) is 2.44. The summed E-state index contributed by atoms with van der Waals surface area (Å²) >= 11 is 0. The second-order valence-corrected chi connectivity index (χ2v) is 6.88. The van der Waals surface area contributed by atoms with E-state index in [1.165, 1.54) is 0 Å². The maximum absolute atomic E-state index is 11.3. The van der Waals surface area contributed by atoms with Gasteiger partial charge in [-0.1, -0.05) is 12.2 Å². The first-order valence-corrected chi connectivity index (χ1v) is 6.98. The van der Waals surface area contributed by atoms with Crippen molar-refractivity contribution in [2.75, 3.05) is 0 Å². The third-order valence-electron chi connectivity index (χ3n) is 3.16. The Bertz CT molecular complexity index is 328. The number of allylic oxidation sites excluding steroid dienone is 2. The fourth-order valence-corrected chi connectivity index (χ4v) is 4.12. The molecule has 2 nitrogen and oxygen atoms in total. The van der Waals surface area contributed by atoms with Gasteiger partial charge in [-0.2, -0.15) is 0 Å². The monoisotopic (exact) mass is 220 g/mol. The first kappa shape index (κ1) is 9.53. The number of hydrogen-bond acceptors (Lipinski definition) is 2. The summed E-state index contributed by atoms with van der Waals surface area (Å²) in [6.07, 6.45) is 8.75. The Labute approximate surface area is 83.4 Å². The van der Waals surface area contributed by atoms with E-state index in [0.717, 1.165) is 32.1 Å². The van der Waals surface area contributed by atoms with Crippen molar-refractivity contribution in [3.05, 3.63) is 12.2 Å². The summed E-state index contributed by atoms with van der Waals surface area (Å²) in [7, 11) is 2.09. The molecule has 0 radical (unpaired) electrons. The highest BCUT2D eigenvalue weighted by molar-refractivity contribution is 8.15. The molecule has 74 valence electrons. The molecule has 0 N–H and O–H groups in total. The summed E-state index contributed by atoms with van der Waals surface area (Å²) in [5, 5.41) is 0. The van der Waals surface area contributed by atoms with Gasteiger partial charge < -0.3 is 0 Å². The minimum absolute atomic E-state index is 0.170. The quantitative estimate of drug-likeness (QED) is 0.529. The molecule has 0 amide bonds. The van der Waals surface area contributed by atoms with Crippen LogP contribution in [0.3, 0.4) is 0 Å². The van der Waals surface area contributed by atoms with Gasteiger partial charge in [0.25, 0.3) is 0 Å². The van der Waals surface area contributed by atoms with Crippen LogP contribution in [0.4, 0.5) is 0 Å². The van der Waals surface area contributed by atoms with E-state index in [1.54, 1.807) is 0 Å². The van der Waals surface area contributed by atoms with E-state index in [2.05, 4.69) is 6.08 Å². The van der Waals surface area contributed by atoms with Crippen LogP contribution in [0.15, 0.2) is 12.2 Å². The van der Waals surface area contributed by atoms with Crippen molar-refractivity contribution < 1.29 is 8.42 Å². The molecule has 0 aromatic carbocycles.